The van der Waals surface area contributed by atoms with Gasteiger partial charge in [0.1, 0.15) is 0 Å². The fourth-order valence-corrected chi connectivity index (χ4v) is 1.95. The summed E-state index contributed by atoms with van der Waals surface area (Å²) in [4.78, 5) is 13.9. The standard InChI is InChI=1S/C12H24N2O/c1-4-6-7-8-9-14-10-13-12(3,5-2)11(14)15/h13H,4-10H2,1-3H3. The fraction of sp³-hybridized carbons (Fsp3) is 0.917. The molecule has 1 amide bonds. The lowest BCUT2D eigenvalue weighted by Crippen LogP contribution is -2.43. The van der Waals surface area contributed by atoms with Gasteiger partial charge in [-0.1, -0.05) is 33.1 Å². The predicted molar refractivity (Wildman–Crippen MR) is 62.6 cm³/mol. The maximum absolute atomic E-state index is 12.0. The van der Waals surface area contributed by atoms with Gasteiger partial charge in [0.15, 0.2) is 0 Å². The zero-order valence-corrected chi connectivity index (χ0v) is 10.3. The molecule has 1 aliphatic heterocycles. The van der Waals surface area contributed by atoms with Crippen LogP contribution in [0.15, 0.2) is 0 Å². The Morgan fingerprint density at radius 2 is 2.07 bits per heavy atom. The van der Waals surface area contributed by atoms with Crippen molar-refractivity contribution >= 4 is 5.91 Å². The quantitative estimate of drug-likeness (QED) is 0.684. The molecule has 0 spiro atoms. The van der Waals surface area contributed by atoms with Crippen LogP contribution < -0.4 is 5.32 Å². The number of hydrogen-bond donors (Lipinski definition) is 1. The Balaban J connectivity index is 2.30. The van der Waals surface area contributed by atoms with Crippen LogP contribution in [0.3, 0.4) is 0 Å². The van der Waals surface area contributed by atoms with Crippen molar-refractivity contribution < 1.29 is 4.79 Å². The van der Waals surface area contributed by atoms with E-state index in [-0.39, 0.29) is 11.4 Å². The van der Waals surface area contributed by atoms with Gasteiger partial charge >= 0.3 is 0 Å². The summed E-state index contributed by atoms with van der Waals surface area (Å²) in [5.41, 5.74) is -0.301. The molecule has 1 atom stereocenters. The number of hydrogen-bond acceptors (Lipinski definition) is 2. The summed E-state index contributed by atoms with van der Waals surface area (Å²) in [7, 11) is 0. The van der Waals surface area contributed by atoms with Crippen molar-refractivity contribution in [3.05, 3.63) is 0 Å². The van der Waals surface area contributed by atoms with Gasteiger partial charge in [-0.15, -0.1) is 0 Å². The van der Waals surface area contributed by atoms with E-state index in [0.717, 1.165) is 26.1 Å². The highest BCUT2D eigenvalue weighted by Crippen LogP contribution is 2.19. The van der Waals surface area contributed by atoms with Crippen molar-refractivity contribution in [1.29, 1.82) is 0 Å². The minimum absolute atomic E-state index is 0.279. The van der Waals surface area contributed by atoms with Crippen molar-refractivity contribution in [2.75, 3.05) is 13.2 Å². The lowest BCUT2D eigenvalue weighted by atomic mass is 9.99. The van der Waals surface area contributed by atoms with E-state index < -0.39 is 0 Å². The maximum Gasteiger partial charge on any atom is 0.243 e. The third-order valence-electron chi connectivity index (χ3n) is 3.41. The minimum Gasteiger partial charge on any atom is -0.328 e. The second-order valence-electron chi connectivity index (χ2n) is 4.65. The average Bonchev–Trinajstić information content (AvgIpc) is 2.53. The molecule has 1 unspecified atom stereocenters. The number of nitrogens with one attached hydrogen (secondary N) is 1. The Labute approximate surface area is 93.2 Å². The molecule has 1 aliphatic rings. The third-order valence-corrected chi connectivity index (χ3v) is 3.41. The number of rotatable bonds is 6. The van der Waals surface area contributed by atoms with Gasteiger partial charge < -0.3 is 4.90 Å². The van der Waals surface area contributed by atoms with Gasteiger partial charge in [0, 0.05) is 6.54 Å². The highest BCUT2D eigenvalue weighted by atomic mass is 16.2. The van der Waals surface area contributed by atoms with E-state index >= 15 is 0 Å². The number of carbonyl (C=O) groups is 1. The number of amides is 1. The summed E-state index contributed by atoms with van der Waals surface area (Å²) in [6.45, 7) is 7.92. The van der Waals surface area contributed by atoms with Crippen LogP contribution in [-0.2, 0) is 4.79 Å². The van der Waals surface area contributed by atoms with E-state index in [1.165, 1.54) is 19.3 Å². The average molecular weight is 212 g/mol. The predicted octanol–water partition coefficient (Wildman–Crippen LogP) is 2.12. The topological polar surface area (TPSA) is 32.3 Å². The van der Waals surface area contributed by atoms with Crippen LogP contribution in [0.2, 0.25) is 0 Å². The summed E-state index contributed by atoms with van der Waals surface area (Å²) in [6.07, 6.45) is 5.78. The van der Waals surface area contributed by atoms with Gasteiger partial charge in [0.05, 0.1) is 12.2 Å². The molecule has 0 radical (unpaired) electrons. The molecule has 1 heterocycles. The van der Waals surface area contributed by atoms with E-state index in [0.29, 0.717) is 0 Å². The first-order valence-electron chi connectivity index (χ1n) is 6.18. The van der Waals surface area contributed by atoms with Gasteiger partial charge in [-0.25, -0.2) is 0 Å². The van der Waals surface area contributed by atoms with Crippen molar-refractivity contribution in [2.45, 2.75) is 58.4 Å². The molecule has 0 aromatic carbocycles. The number of carbonyl (C=O) groups excluding carboxylic acids is 1. The van der Waals surface area contributed by atoms with Gasteiger partial charge in [-0.2, -0.15) is 0 Å². The first-order valence-corrected chi connectivity index (χ1v) is 6.18. The van der Waals surface area contributed by atoms with Crippen molar-refractivity contribution in [3.63, 3.8) is 0 Å². The smallest absolute Gasteiger partial charge is 0.243 e. The molecule has 3 nitrogen and oxygen atoms in total. The molecule has 88 valence electrons. The summed E-state index contributed by atoms with van der Waals surface area (Å²) >= 11 is 0. The van der Waals surface area contributed by atoms with Crippen LogP contribution in [0.4, 0.5) is 0 Å². The normalized spacial score (nSPS) is 26.3. The van der Waals surface area contributed by atoms with Crippen LogP contribution in [0.1, 0.15) is 52.9 Å². The summed E-state index contributed by atoms with van der Waals surface area (Å²) < 4.78 is 0. The van der Waals surface area contributed by atoms with Gasteiger partial charge in [0.2, 0.25) is 5.91 Å². The second-order valence-corrected chi connectivity index (χ2v) is 4.65. The van der Waals surface area contributed by atoms with Gasteiger partial charge in [0.25, 0.3) is 0 Å². The number of unbranched alkanes of at least 4 members (excludes halogenated alkanes) is 3. The van der Waals surface area contributed by atoms with Crippen LogP contribution in [0, 0.1) is 0 Å². The van der Waals surface area contributed by atoms with E-state index in [2.05, 4.69) is 19.2 Å². The first kappa shape index (κ1) is 12.5. The molecular formula is C12H24N2O. The van der Waals surface area contributed by atoms with E-state index in [4.69, 9.17) is 0 Å². The molecular weight excluding hydrogens is 188 g/mol. The zero-order valence-electron chi connectivity index (χ0n) is 10.3. The maximum atomic E-state index is 12.0. The SMILES string of the molecule is CCCCCCN1CNC(C)(CC)C1=O. The molecule has 1 N–H and O–H groups in total. The van der Waals surface area contributed by atoms with E-state index in [1.54, 1.807) is 0 Å². The molecule has 1 fully saturated rings. The van der Waals surface area contributed by atoms with Crippen LogP contribution in [0.5, 0.6) is 0 Å². The molecule has 0 saturated carbocycles. The third kappa shape index (κ3) is 2.94. The lowest BCUT2D eigenvalue weighted by molar-refractivity contribution is -0.132. The highest BCUT2D eigenvalue weighted by Gasteiger charge is 2.40. The molecule has 0 aliphatic carbocycles. The van der Waals surface area contributed by atoms with Crippen molar-refractivity contribution in [2.24, 2.45) is 0 Å². The zero-order chi connectivity index (χ0) is 11.3. The highest BCUT2D eigenvalue weighted by molar-refractivity contribution is 5.87. The molecule has 0 bridgehead atoms. The van der Waals surface area contributed by atoms with Gasteiger partial charge in [-0.3, -0.25) is 10.1 Å². The second kappa shape index (κ2) is 5.50. The molecule has 3 heteroatoms. The Kier molecular flexibility index (Phi) is 4.58. The molecule has 1 saturated heterocycles. The lowest BCUT2D eigenvalue weighted by Gasteiger charge is -2.20. The Bertz CT molecular complexity index is 218. The van der Waals surface area contributed by atoms with E-state index in [9.17, 15) is 4.79 Å². The first-order chi connectivity index (χ1) is 7.14. The number of nitrogens with zero attached hydrogens (tertiary/aromatic N) is 1. The van der Waals surface area contributed by atoms with Crippen molar-refractivity contribution in [1.82, 2.24) is 10.2 Å². The summed E-state index contributed by atoms with van der Waals surface area (Å²) in [5.74, 6) is 0.279. The molecule has 0 aromatic heterocycles. The fourth-order valence-electron chi connectivity index (χ4n) is 1.95. The molecule has 15 heavy (non-hydrogen) atoms. The minimum atomic E-state index is -0.301. The molecule has 0 aromatic rings. The van der Waals surface area contributed by atoms with Crippen molar-refractivity contribution in [3.8, 4) is 0 Å². The summed E-state index contributed by atoms with van der Waals surface area (Å²) in [5, 5.41) is 3.30. The Morgan fingerprint density at radius 1 is 1.33 bits per heavy atom. The largest absolute Gasteiger partial charge is 0.328 e. The Hall–Kier alpha value is -0.570. The Morgan fingerprint density at radius 3 is 2.60 bits per heavy atom. The van der Waals surface area contributed by atoms with Crippen LogP contribution in [0.25, 0.3) is 0 Å². The van der Waals surface area contributed by atoms with Gasteiger partial charge in [-0.05, 0) is 19.8 Å². The monoisotopic (exact) mass is 212 g/mol. The van der Waals surface area contributed by atoms with E-state index in [1.807, 2.05) is 11.8 Å². The van der Waals surface area contributed by atoms with Crippen LogP contribution in [-0.4, -0.2) is 29.6 Å². The van der Waals surface area contributed by atoms with Crippen LogP contribution >= 0.6 is 0 Å². The molecule has 1 rings (SSSR count). The summed E-state index contributed by atoms with van der Waals surface area (Å²) in [6, 6.07) is 0.